The lowest BCUT2D eigenvalue weighted by Crippen LogP contribution is -1.98. The molecule has 0 aliphatic heterocycles. The maximum absolute atomic E-state index is 4.20. The number of aromatic nitrogens is 3. The molecule has 1 aromatic heterocycles. The van der Waals surface area contributed by atoms with Crippen molar-refractivity contribution in [2.45, 2.75) is 23.8 Å². The van der Waals surface area contributed by atoms with E-state index in [0.717, 1.165) is 17.4 Å². The van der Waals surface area contributed by atoms with Gasteiger partial charge in [-0.3, -0.25) is 0 Å². The van der Waals surface area contributed by atoms with E-state index in [2.05, 4.69) is 41.0 Å². The van der Waals surface area contributed by atoms with Crippen molar-refractivity contribution in [1.82, 2.24) is 14.8 Å². The smallest absolute Gasteiger partial charge is 0.191 e. The van der Waals surface area contributed by atoms with Crippen molar-refractivity contribution in [2.24, 2.45) is 7.05 Å². The minimum Gasteiger partial charge on any atom is -0.309 e. The van der Waals surface area contributed by atoms with E-state index in [9.17, 15) is 0 Å². The molecule has 4 heteroatoms. The minimum atomic E-state index is 0.339. The van der Waals surface area contributed by atoms with E-state index < -0.39 is 0 Å². The van der Waals surface area contributed by atoms with Crippen LogP contribution in [0, 0.1) is 6.92 Å². The minimum absolute atomic E-state index is 0.339. The quantitative estimate of drug-likeness (QED) is 0.608. The summed E-state index contributed by atoms with van der Waals surface area (Å²) in [5.41, 5.74) is 1.29. The average Bonchev–Trinajstić information content (AvgIpc) is 2.71. The molecule has 18 heavy (non-hydrogen) atoms. The first-order valence-electron chi connectivity index (χ1n) is 5.91. The van der Waals surface area contributed by atoms with Crippen molar-refractivity contribution < 1.29 is 0 Å². The topological polar surface area (TPSA) is 30.7 Å². The number of hydrogen-bond acceptors (Lipinski definition) is 3. The predicted molar refractivity (Wildman–Crippen MR) is 75.6 cm³/mol. The first-order chi connectivity index (χ1) is 8.72. The summed E-state index contributed by atoms with van der Waals surface area (Å²) >= 11 is 1.73. The van der Waals surface area contributed by atoms with Crippen LogP contribution in [0.1, 0.15) is 23.1 Å². The zero-order valence-electron chi connectivity index (χ0n) is 10.7. The Morgan fingerprint density at radius 3 is 2.61 bits per heavy atom. The van der Waals surface area contributed by atoms with Crippen LogP contribution in [0.2, 0.25) is 0 Å². The molecule has 1 heterocycles. The fourth-order valence-corrected chi connectivity index (χ4v) is 2.85. The summed E-state index contributed by atoms with van der Waals surface area (Å²) in [5, 5.41) is 9.58. The highest BCUT2D eigenvalue weighted by Crippen LogP contribution is 2.36. The maximum atomic E-state index is 4.20. The summed E-state index contributed by atoms with van der Waals surface area (Å²) in [7, 11) is 1.99. The summed E-state index contributed by atoms with van der Waals surface area (Å²) < 4.78 is 2.02. The van der Waals surface area contributed by atoms with Gasteiger partial charge in [0.15, 0.2) is 5.16 Å². The van der Waals surface area contributed by atoms with E-state index in [1.54, 1.807) is 11.8 Å². The van der Waals surface area contributed by atoms with E-state index in [0.29, 0.717) is 5.25 Å². The van der Waals surface area contributed by atoms with Crippen LogP contribution in [-0.2, 0) is 7.05 Å². The fraction of sp³-hybridized carbons (Fsp3) is 0.286. The van der Waals surface area contributed by atoms with E-state index in [4.69, 9.17) is 0 Å². The summed E-state index contributed by atoms with van der Waals surface area (Å²) in [5.74, 6) is 0.933. The van der Waals surface area contributed by atoms with Crippen molar-refractivity contribution in [2.75, 3.05) is 0 Å². The highest BCUT2D eigenvalue weighted by atomic mass is 32.2. The van der Waals surface area contributed by atoms with E-state index >= 15 is 0 Å². The number of aryl methyl sites for hydroxylation is 1. The van der Waals surface area contributed by atoms with E-state index in [-0.39, 0.29) is 0 Å². The molecule has 0 saturated carbocycles. The molecule has 0 amide bonds. The van der Waals surface area contributed by atoms with E-state index in [1.807, 2.05) is 30.7 Å². The molecule has 0 radical (unpaired) electrons. The van der Waals surface area contributed by atoms with Gasteiger partial charge in [-0.15, -0.1) is 16.8 Å². The lowest BCUT2D eigenvalue weighted by Gasteiger charge is -2.14. The molecule has 0 aliphatic carbocycles. The standard InChI is InChI=1S/C14H17N3S/c1-4-8-13(12-9-6-5-7-10-12)18-14-16-15-11(2)17(14)3/h4-7,9-10,13H,1,8H2,2-3H3. The van der Waals surface area contributed by atoms with Gasteiger partial charge in [0.25, 0.3) is 0 Å². The Kier molecular flexibility index (Phi) is 4.20. The van der Waals surface area contributed by atoms with Gasteiger partial charge in [-0.25, -0.2) is 0 Å². The molecular formula is C14H17N3S. The number of nitrogens with zero attached hydrogens (tertiary/aromatic N) is 3. The first kappa shape index (κ1) is 12.9. The lowest BCUT2D eigenvalue weighted by molar-refractivity contribution is 0.760. The van der Waals surface area contributed by atoms with Crippen molar-refractivity contribution in [3.8, 4) is 0 Å². The van der Waals surface area contributed by atoms with Crippen LogP contribution in [0.15, 0.2) is 48.1 Å². The molecule has 0 fully saturated rings. The third-order valence-electron chi connectivity index (χ3n) is 2.85. The van der Waals surface area contributed by atoms with Gasteiger partial charge in [0.1, 0.15) is 5.82 Å². The Hall–Kier alpha value is -1.55. The normalized spacial score (nSPS) is 12.3. The van der Waals surface area contributed by atoms with Crippen LogP contribution in [-0.4, -0.2) is 14.8 Å². The molecule has 0 spiro atoms. The zero-order valence-corrected chi connectivity index (χ0v) is 11.5. The largest absolute Gasteiger partial charge is 0.309 e. The molecule has 94 valence electrons. The van der Waals surface area contributed by atoms with Crippen molar-refractivity contribution in [3.05, 3.63) is 54.4 Å². The molecule has 2 rings (SSSR count). The van der Waals surface area contributed by atoms with Gasteiger partial charge in [-0.05, 0) is 18.9 Å². The number of benzene rings is 1. The number of hydrogen-bond donors (Lipinski definition) is 0. The second-order valence-corrected chi connectivity index (χ2v) is 5.30. The highest BCUT2D eigenvalue weighted by Gasteiger charge is 2.15. The first-order valence-corrected chi connectivity index (χ1v) is 6.79. The van der Waals surface area contributed by atoms with E-state index in [1.165, 1.54) is 5.56 Å². The van der Waals surface area contributed by atoms with Gasteiger partial charge in [0.2, 0.25) is 0 Å². The second-order valence-electron chi connectivity index (χ2n) is 4.13. The van der Waals surface area contributed by atoms with Crippen LogP contribution in [0.5, 0.6) is 0 Å². The lowest BCUT2D eigenvalue weighted by atomic mass is 10.1. The maximum Gasteiger partial charge on any atom is 0.191 e. The molecular weight excluding hydrogens is 242 g/mol. The molecule has 1 aromatic carbocycles. The van der Waals surface area contributed by atoms with Crippen molar-refractivity contribution in [3.63, 3.8) is 0 Å². The summed E-state index contributed by atoms with van der Waals surface area (Å²) in [6.07, 6.45) is 2.87. The molecule has 0 aliphatic rings. The van der Waals surface area contributed by atoms with Crippen molar-refractivity contribution >= 4 is 11.8 Å². The SMILES string of the molecule is C=CCC(Sc1nnc(C)n1C)c1ccccc1. The summed E-state index contributed by atoms with van der Waals surface area (Å²) in [6.45, 7) is 5.80. The monoisotopic (exact) mass is 259 g/mol. The van der Waals surface area contributed by atoms with Crippen LogP contribution in [0.3, 0.4) is 0 Å². The van der Waals surface area contributed by atoms with Crippen LogP contribution < -0.4 is 0 Å². The number of thioether (sulfide) groups is 1. The Morgan fingerprint density at radius 2 is 2.06 bits per heavy atom. The molecule has 3 nitrogen and oxygen atoms in total. The van der Waals surface area contributed by atoms with Crippen LogP contribution in [0.4, 0.5) is 0 Å². The molecule has 0 N–H and O–H groups in total. The van der Waals surface area contributed by atoms with Gasteiger partial charge in [-0.2, -0.15) is 0 Å². The third kappa shape index (κ3) is 2.82. The molecule has 0 saturated heterocycles. The van der Waals surface area contributed by atoms with Gasteiger partial charge < -0.3 is 4.57 Å². The van der Waals surface area contributed by atoms with Crippen LogP contribution >= 0.6 is 11.8 Å². The Morgan fingerprint density at radius 1 is 1.33 bits per heavy atom. The average molecular weight is 259 g/mol. The van der Waals surface area contributed by atoms with Gasteiger partial charge in [0, 0.05) is 12.3 Å². The Balaban J connectivity index is 2.22. The van der Waals surface area contributed by atoms with Crippen LogP contribution in [0.25, 0.3) is 0 Å². The Bertz CT molecular complexity index is 519. The van der Waals surface area contributed by atoms with Crippen molar-refractivity contribution in [1.29, 1.82) is 0 Å². The second kappa shape index (κ2) is 5.87. The number of allylic oxidation sites excluding steroid dienone is 1. The molecule has 1 atom stereocenters. The fourth-order valence-electron chi connectivity index (χ4n) is 1.69. The predicted octanol–water partition coefficient (Wildman–Crippen LogP) is 3.53. The van der Waals surface area contributed by atoms with Gasteiger partial charge >= 0.3 is 0 Å². The van der Waals surface area contributed by atoms with Gasteiger partial charge in [0.05, 0.1) is 0 Å². The number of rotatable bonds is 5. The molecule has 2 aromatic rings. The third-order valence-corrected chi connectivity index (χ3v) is 4.17. The summed E-state index contributed by atoms with van der Waals surface area (Å²) in [6, 6.07) is 10.4. The zero-order chi connectivity index (χ0) is 13.0. The Labute approximate surface area is 112 Å². The summed E-state index contributed by atoms with van der Waals surface area (Å²) in [4.78, 5) is 0. The molecule has 1 unspecified atom stereocenters. The van der Waals surface area contributed by atoms with Gasteiger partial charge in [-0.1, -0.05) is 48.2 Å². The highest BCUT2D eigenvalue weighted by molar-refractivity contribution is 7.99. The molecule has 0 bridgehead atoms.